The second kappa shape index (κ2) is 29.6. The van der Waals surface area contributed by atoms with Gasteiger partial charge < -0.3 is 18.9 Å². The number of nitrogens with zero attached hydrogens (tertiary/aromatic N) is 1. The maximum absolute atomic E-state index is 12.3. The van der Waals surface area contributed by atoms with Crippen molar-refractivity contribution >= 4 is 13.8 Å². The van der Waals surface area contributed by atoms with Crippen molar-refractivity contribution in [2.75, 3.05) is 54.1 Å². The van der Waals surface area contributed by atoms with Crippen LogP contribution in [0.5, 0.6) is 0 Å². The van der Waals surface area contributed by atoms with Gasteiger partial charge in [-0.05, 0) is 38.5 Å². The molecular formula is C35H71NO7P+. The second-order valence-electron chi connectivity index (χ2n) is 13.3. The molecule has 0 aliphatic carbocycles. The fourth-order valence-corrected chi connectivity index (χ4v) is 5.46. The molecule has 0 bridgehead atoms. The van der Waals surface area contributed by atoms with Crippen LogP contribution in [0, 0.1) is 0 Å². The lowest BCUT2D eigenvalue weighted by Gasteiger charge is -2.24. The maximum atomic E-state index is 12.3. The molecule has 8 nitrogen and oxygen atoms in total. The van der Waals surface area contributed by atoms with Crippen LogP contribution >= 0.6 is 7.82 Å². The first-order valence-electron chi connectivity index (χ1n) is 17.9. The second-order valence-corrected chi connectivity index (χ2v) is 14.7. The van der Waals surface area contributed by atoms with Gasteiger partial charge in [0.1, 0.15) is 19.3 Å². The van der Waals surface area contributed by atoms with Crippen molar-refractivity contribution in [1.29, 1.82) is 0 Å². The Kier molecular flexibility index (Phi) is 29.1. The summed E-state index contributed by atoms with van der Waals surface area (Å²) in [5.74, 6) is -0.339. The van der Waals surface area contributed by atoms with Crippen LogP contribution in [0.25, 0.3) is 0 Å². The van der Waals surface area contributed by atoms with Crippen LogP contribution in [-0.4, -0.2) is 75.6 Å². The maximum Gasteiger partial charge on any atom is 0.472 e. The van der Waals surface area contributed by atoms with E-state index in [-0.39, 0.29) is 25.8 Å². The van der Waals surface area contributed by atoms with Crippen molar-refractivity contribution < 1.29 is 37.3 Å². The molecule has 0 amide bonds. The largest absolute Gasteiger partial charge is 0.472 e. The Morgan fingerprint density at radius 1 is 0.682 bits per heavy atom. The average Bonchev–Trinajstić information content (AvgIpc) is 2.96. The third-order valence-corrected chi connectivity index (χ3v) is 8.56. The van der Waals surface area contributed by atoms with Gasteiger partial charge in [-0.1, -0.05) is 116 Å². The lowest BCUT2D eigenvalue weighted by molar-refractivity contribution is -0.870. The predicted octanol–water partition coefficient (Wildman–Crippen LogP) is 9.54. The molecule has 0 radical (unpaired) electrons. The molecule has 262 valence electrons. The van der Waals surface area contributed by atoms with E-state index in [1.807, 2.05) is 21.1 Å². The van der Waals surface area contributed by atoms with E-state index in [4.69, 9.17) is 18.5 Å². The summed E-state index contributed by atoms with van der Waals surface area (Å²) in [4.78, 5) is 22.3. The first-order valence-corrected chi connectivity index (χ1v) is 19.4. The van der Waals surface area contributed by atoms with Crippen molar-refractivity contribution in [2.24, 2.45) is 0 Å². The van der Waals surface area contributed by atoms with Crippen LogP contribution in [0.4, 0.5) is 0 Å². The van der Waals surface area contributed by atoms with E-state index >= 15 is 0 Å². The number of carbonyl (C=O) groups excluding carboxylic acids is 1. The molecule has 0 rings (SSSR count). The van der Waals surface area contributed by atoms with Gasteiger partial charge in [-0.2, -0.15) is 0 Å². The molecule has 0 aliphatic rings. The number of quaternary nitrogens is 1. The predicted molar refractivity (Wildman–Crippen MR) is 183 cm³/mol. The van der Waals surface area contributed by atoms with Crippen LogP contribution < -0.4 is 0 Å². The summed E-state index contributed by atoms with van der Waals surface area (Å²) in [6.45, 7) is 5.44. The van der Waals surface area contributed by atoms with E-state index in [9.17, 15) is 14.3 Å². The minimum atomic E-state index is -4.24. The minimum absolute atomic E-state index is 0.0893. The van der Waals surface area contributed by atoms with Gasteiger partial charge in [0.25, 0.3) is 0 Å². The van der Waals surface area contributed by atoms with Crippen LogP contribution in [0.2, 0.25) is 0 Å². The van der Waals surface area contributed by atoms with Crippen molar-refractivity contribution in [3.05, 3.63) is 12.2 Å². The van der Waals surface area contributed by atoms with Gasteiger partial charge in [0.2, 0.25) is 0 Å². The summed E-state index contributed by atoms with van der Waals surface area (Å²) in [6, 6.07) is 0. The Balaban J connectivity index is 3.97. The highest BCUT2D eigenvalue weighted by molar-refractivity contribution is 7.47. The number of hydrogen-bond donors (Lipinski definition) is 1. The number of likely N-dealkylation sites (N-methyl/N-ethyl adjacent to an activating group) is 1. The molecule has 0 aromatic rings. The molecule has 0 saturated carbocycles. The van der Waals surface area contributed by atoms with Gasteiger partial charge >= 0.3 is 13.8 Å². The van der Waals surface area contributed by atoms with Crippen molar-refractivity contribution in [3.63, 3.8) is 0 Å². The van der Waals surface area contributed by atoms with Gasteiger partial charge in [0.15, 0.2) is 0 Å². The van der Waals surface area contributed by atoms with Crippen LogP contribution in [0.1, 0.15) is 149 Å². The molecule has 9 heteroatoms. The molecule has 0 aromatic carbocycles. The van der Waals surface area contributed by atoms with Gasteiger partial charge in [-0.3, -0.25) is 13.8 Å². The Bertz CT molecular complexity index is 726. The smallest absolute Gasteiger partial charge is 0.457 e. The van der Waals surface area contributed by atoms with Crippen LogP contribution in [0.3, 0.4) is 0 Å². The highest BCUT2D eigenvalue weighted by Crippen LogP contribution is 2.43. The Labute approximate surface area is 271 Å². The van der Waals surface area contributed by atoms with Gasteiger partial charge in [0, 0.05) is 13.0 Å². The normalized spacial score (nSPS) is 14.2. The van der Waals surface area contributed by atoms with Gasteiger partial charge in [-0.25, -0.2) is 4.57 Å². The van der Waals surface area contributed by atoms with Crippen molar-refractivity contribution in [3.8, 4) is 0 Å². The molecule has 0 heterocycles. The van der Waals surface area contributed by atoms with Gasteiger partial charge in [-0.15, -0.1) is 0 Å². The monoisotopic (exact) mass is 648 g/mol. The summed E-state index contributed by atoms with van der Waals surface area (Å²) >= 11 is 0. The zero-order valence-electron chi connectivity index (χ0n) is 29.4. The van der Waals surface area contributed by atoms with E-state index < -0.39 is 13.9 Å². The van der Waals surface area contributed by atoms with Gasteiger partial charge in [0.05, 0.1) is 34.4 Å². The first-order chi connectivity index (χ1) is 21.1. The fraction of sp³-hybridized carbons (Fsp3) is 0.914. The number of phosphoric ester groups is 1. The van der Waals surface area contributed by atoms with E-state index in [1.54, 1.807) is 0 Å². The number of rotatable bonds is 33. The number of allylic oxidation sites excluding steroid dienone is 2. The molecule has 1 N–H and O–H groups in total. The summed E-state index contributed by atoms with van der Waals surface area (Å²) in [7, 11) is 1.66. The van der Waals surface area contributed by atoms with Crippen LogP contribution in [-0.2, 0) is 27.9 Å². The fourth-order valence-electron chi connectivity index (χ4n) is 4.72. The van der Waals surface area contributed by atoms with E-state index in [1.165, 1.54) is 96.3 Å². The first kappa shape index (κ1) is 43.2. The van der Waals surface area contributed by atoms with E-state index in [0.717, 1.165) is 32.1 Å². The highest BCUT2D eigenvalue weighted by Gasteiger charge is 2.26. The Morgan fingerprint density at radius 2 is 1.18 bits per heavy atom. The quantitative estimate of drug-likeness (QED) is 0.0249. The molecular weight excluding hydrogens is 577 g/mol. The number of esters is 1. The topological polar surface area (TPSA) is 91.3 Å². The summed E-state index contributed by atoms with van der Waals surface area (Å²) < 4.78 is 34.4. The van der Waals surface area contributed by atoms with E-state index in [2.05, 4.69) is 26.0 Å². The number of phosphoric acid groups is 1. The lowest BCUT2D eigenvalue weighted by atomic mass is 10.1. The third-order valence-electron chi connectivity index (χ3n) is 7.58. The van der Waals surface area contributed by atoms with Crippen molar-refractivity contribution in [2.45, 2.75) is 155 Å². The zero-order chi connectivity index (χ0) is 32.8. The Morgan fingerprint density at radius 3 is 1.73 bits per heavy atom. The Hall–Kier alpha value is -0.760. The average molecular weight is 649 g/mol. The zero-order valence-corrected chi connectivity index (χ0v) is 30.3. The number of carbonyl (C=O) groups is 1. The number of unbranched alkanes of at least 4 members (excludes halogenated alkanes) is 17. The minimum Gasteiger partial charge on any atom is -0.457 e. The summed E-state index contributed by atoms with van der Waals surface area (Å²) in [5.41, 5.74) is 0. The van der Waals surface area contributed by atoms with Crippen LogP contribution in [0.15, 0.2) is 12.2 Å². The standard InChI is InChI=1S/C35H70NO7P/c1-6-8-10-11-12-13-14-15-16-17-18-19-20-21-22-23-24-25-27-30-40-32-34(43-35(37)28-26-9-7-2)33-42-44(38,39)41-31-29-36(3,4)5/h16-17,34H,6-15,18-33H2,1-5H3/p+1/b17-16-. The summed E-state index contributed by atoms with van der Waals surface area (Å²) in [6.07, 6.45) is 28.9. The SMILES string of the molecule is CCCCCCCCC/C=C\CCCCCCCCCCOCC(COP(=O)(O)OCC[N+](C)(C)C)OC(=O)CCCCC. The van der Waals surface area contributed by atoms with E-state index in [0.29, 0.717) is 24.1 Å². The molecule has 0 spiro atoms. The lowest BCUT2D eigenvalue weighted by Crippen LogP contribution is -2.37. The molecule has 0 aromatic heterocycles. The molecule has 2 atom stereocenters. The third kappa shape index (κ3) is 32.6. The van der Waals surface area contributed by atoms with Crippen molar-refractivity contribution in [1.82, 2.24) is 0 Å². The molecule has 0 saturated heterocycles. The molecule has 44 heavy (non-hydrogen) atoms. The number of hydrogen-bond acceptors (Lipinski definition) is 6. The molecule has 2 unspecified atom stereocenters. The number of ether oxygens (including phenoxy) is 2. The highest BCUT2D eigenvalue weighted by atomic mass is 31.2. The summed E-state index contributed by atoms with van der Waals surface area (Å²) in [5, 5.41) is 0. The molecule has 0 aliphatic heterocycles. The molecule has 0 fully saturated rings.